The number of anilines is 1. The first kappa shape index (κ1) is 22.5. The van der Waals surface area contributed by atoms with Crippen molar-refractivity contribution in [1.29, 1.82) is 0 Å². The highest BCUT2D eigenvalue weighted by atomic mass is 19.1. The van der Waals surface area contributed by atoms with E-state index in [1.165, 1.54) is 30.5 Å². The Kier molecular flexibility index (Phi) is 7.91. The molecular weight excluding hydrogens is 413 g/mol. The molecule has 8 heteroatoms. The first-order valence-corrected chi connectivity index (χ1v) is 9.89. The molecule has 3 aromatic rings. The topological polar surface area (TPSA) is 89.6 Å². The molecule has 0 spiro atoms. The minimum absolute atomic E-state index is 0.0640. The molecule has 0 unspecified atom stereocenters. The SMILES string of the molecule is CCNC(=O)COc1ccc(NC(=O)/C=C/c2ccc(Oc3cccnc3)c(F)c2)cc1. The van der Waals surface area contributed by atoms with Gasteiger partial charge < -0.3 is 20.1 Å². The van der Waals surface area contributed by atoms with Crippen LogP contribution in [0, 0.1) is 5.82 Å². The van der Waals surface area contributed by atoms with Gasteiger partial charge in [-0.2, -0.15) is 0 Å². The summed E-state index contributed by atoms with van der Waals surface area (Å²) < 4.78 is 25.1. The van der Waals surface area contributed by atoms with Gasteiger partial charge in [-0.15, -0.1) is 0 Å². The average Bonchev–Trinajstić information content (AvgIpc) is 2.80. The van der Waals surface area contributed by atoms with Gasteiger partial charge in [0.2, 0.25) is 5.91 Å². The number of nitrogens with zero attached hydrogens (tertiary/aromatic N) is 1. The number of carbonyl (C=O) groups is 2. The summed E-state index contributed by atoms with van der Waals surface area (Å²) in [5.41, 5.74) is 1.06. The third-order valence-electron chi connectivity index (χ3n) is 4.11. The van der Waals surface area contributed by atoms with Crippen molar-refractivity contribution in [2.24, 2.45) is 0 Å². The van der Waals surface area contributed by atoms with Gasteiger partial charge in [-0.3, -0.25) is 14.6 Å². The maximum Gasteiger partial charge on any atom is 0.257 e. The Balaban J connectivity index is 1.52. The van der Waals surface area contributed by atoms with Crippen molar-refractivity contribution < 1.29 is 23.5 Å². The normalized spacial score (nSPS) is 10.6. The largest absolute Gasteiger partial charge is 0.484 e. The van der Waals surface area contributed by atoms with Crippen LogP contribution in [0.3, 0.4) is 0 Å². The molecule has 7 nitrogen and oxygen atoms in total. The van der Waals surface area contributed by atoms with E-state index in [1.807, 2.05) is 6.92 Å². The first-order chi connectivity index (χ1) is 15.5. The maximum absolute atomic E-state index is 14.3. The van der Waals surface area contributed by atoms with E-state index in [2.05, 4.69) is 15.6 Å². The van der Waals surface area contributed by atoms with E-state index in [4.69, 9.17) is 9.47 Å². The van der Waals surface area contributed by atoms with Crippen molar-refractivity contribution in [1.82, 2.24) is 10.3 Å². The van der Waals surface area contributed by atoms with Crippen molar-refractivity contribution in [3.8, 4) is 17.2 Å². The second-order valence-electron chi connectivity index (χ2n) is 6.57. The quantitative estimate of drug-likeness (QED) is 0.492. The number of rotatable bonds is 9. The van der Waals surface area contributed by atoms with Crippen LogP contribution in [0.25, 0.3) is 6.08 Å². The molecule has 2 N–H and O–H groups in total. The lowest BCUT2D eigenvalue weighted by molar-refractivity contribution is -0.123. The van der Waals surface area contributed by atoms with Crippen molar-refractivity contribution in [2.45, 2.75) is 6.92 Å². The number of pyridine rings is 1. The van der Waals surface area contributed by atoms with Crippen LogP contribution < -0.4 is 20.1 Å². The molecule has 0 saturated carbocycles. The molecule has 3 rings (SSSR count). The summed E-state index contributed by atoms with van der Waals surface area (Å²) in [6.45, 7) is 2.29. The Bertz CT molecular complexity index is 1090. The minimum Gasteiger partial charge on any atom is -0.484 e. The zero-order valence-corrected chi connectivity index (χ0v) is 17.4. The standard InChI is InChI=1S/C24H22FN3O4/c1-2-27-24(30)16-31-19-9-7-18(8-10-19)28-23(29)12-6-17-5-11-22(21(25)14-17)32-20-4-3-13-26-15-20/h3-15H,2,16H2,1H3,(H,27,30)(H,28,29)/b12-6+. The lowest BCUT2D eigenvalue weighted by Crippen LogP contribution is -2.28. The van der Waals surface area contributed by atoms with E-state index in [9.17, 15) is 14.0 Å². The summed E-state index contributed by atoms with van der Waals surface area (Å²) in [4.78, 5) is 27.5. The summed E-state index contributed by atoms with van der Waals surface area (Å²) >= 11 is 0. The molecule has 0 radical (unpaired) electrons. The van der Waals surface area contributed by atoms with Crippen LogP contribution in [-0.4, -0.2) is 29.9 Å². The van der Waals surface area contributed by atoms with Crippen molar-refractivity contribution in [3.63, 3.8) is 0 Å². The number of carbonyl (C=O) groups excluding carboxylic acids is 2. The van der Waals surface area contributed by atoms with Gasteiger partial charge in [0.1, 0.15) is 11.5 Å². The Hall–Kier alpha value is -4.20. The fourth-order valence-electron chi connectivity index (χ4n) is 2.63. The molecule has 0 bridgehead atoms. The van der Waals surface area contributed by atoms with E-state index in [-0.39, 0.29) is 24.2 Å². The van der Waals surface area contributed by atoms with Gasteiger partial charge in [0.15, 0.2) is 18.2 Å². The smallest absolute Gasteiger partial charge is 0.257 e. The number of ether oxygens (including phenoxy) is 2. The van der Waals surface area contributed by atoms with Crippen molar-refractivity contribution >= 4 is 23.6 Å². The number of hydrogen-bond donors (Lipinski definition) is 2. The highest BCUT2D eigenvalue weighted by molar-refractivity contribution is 6.01. The number of hydrogen-bond acceptors (Lipinski definition) is 5. The third-order valence-corrected chi connectivity index (χ3v) is 4.11. The molecule has 0 aliphatic heterocycles. The van der Waals surface area contributed by atoms with Gasteiger partial charge in [-0.05, 0) is 67.1 Å². The molecule has 0 aliphatic rings. The maximum atomic E-state index is 14.3. The lowest BCUT2D eigenvalue weighted by atomic mass is 10.2. The molecule has 1 heterocycles. The molecule has 2 aromatic carbocycles. The average molecular weight is 435 g/mol. The van der Waals surface area contributed by atoms with Gasteiger partial charge in [0, 0.05) is 24.5 Å². The number of benzene rings is 2. The van der Waals surface area contributed by atoms with Crippen LogP contribution in [0.15, 0.2) is 73.1 Å². The molecular formula is C24H22FN3O4. The van der Waals surface area contributed by atoms with Crippen molar-refractivity contribution in [3.05, 3.63) is 84.4 Å². The van der Waals surface area contributed by atoms with Crippen LogP contribution in [0.5, 0.6) is 17.2 Å². The third kappa shape index (κ3) is 6.94. The second-order valence-corrected chi connectivity index (χ2v) is 6.57. The van der Waals surface area contributed by atoms with E-state index >= 15 is 0 Å². The molecule has 0 fully saturated rings. The fourth-order valence-corrected chi connectivity index (χ4v) is 2.63. The zero-order chi connectivity index (χ0) is 22.8. The Labute approximate surface area is 184 Å². The summed E-state index contributed by atoms with van der Waals surface area (Å²) in [5.74, 6) is -0.141. The monoisotopic (exact) mass is 435 g/mol. The zero-order valence-electron chi connectivity index (χ0n) is 17.4. The highest BCUT2D eigenvalue weighted by Crippen LogP contribution is 2.25. The van der Waals surface area contributed by atoms with Gasteiger partial charge >= 0.3 is 0 Å². The Morgan fingerprint density at radius 1 is 1.09 bits per heavy atom. The first-order valence-electron chi connectivity index (χ1n) is 9.89. The predicted molar refractivity (Wildman–Crippen MR) is 119 cm³/mol. The van der Waals surface area contributed by atoms with Crippen LogP contribution in [0.1, 0.15) is 12.5 Å². The molecule has 164 valence electrons. The molecule has 0 aliphatic carbocycles. The summed E-state index contributed by atoms with van der Waals surface area (Å²) in [5, 5.41) is 5.33. The Morgan fingerprint density at radius 3 is 2.59 bits per heavy atom. The summed E-state index contributed by atoms with van der Waals surface area (Å²) in [7, 11) is 0. The highest BCUT2D eigenvalue weighted by Gasteiger charge is 2.06. The molecule has 0 saturated heterocycles. The molecule has 0 atom stereocenters. The molecule has 32 heavy (non-hydrogen) atoms. The van der Waals surface area contributed by atoms with Gasteiger partial charge in [0.25, 0.3) is 5.91 Å². The summed E-state index contributed by atoms with van der Waals surface area (Å²) in [6.07, 6.45) is 5.88. The Morgan fingerprint density at radius 2 is 1.91 bits per heavy atom. The second kappa shape index (κ2) is 11.3. The van der Waals surface area contributed by atoms with Gasteiger partial charge in [0.05, 0.1) is 6.20 Å². The van der Waals surface area contributed by atoms with E-state index in [0.29, 0.717) is 29.3 Å². The van der Waals surface area contributed by atoms with E-state index in [1.54, 1.807) is 48.7 Å². The number of nitrogens with one attached hydrogen (secondary N) is 2. The van der Waals surface area contributed by atoms with Crippen LogP contribution in [-0.2, 0) is 9.59 Å². The van der Waals surface area contributed by atoms with E-state index in [0.717, 1.165) is 0 Å². The molecule has 1 aromatic heterocycles. The van der Waals surface area contributed by atoms with Crippen LogP contribution in [0.4, 0.5) is 10.1 Å². The van der Waals surface area contributed by atoms with Crippen LogP contribution >= 0.6 is 0 Å². The van der Waals surface area contributed by atoms with Crippen LogP contribution in [0.2, 0.25) is 0 Å². The van der Waals surface area contributed by atoms with E-state index < -0.39 is 5.82 Å². The summed E-state index contributed by atoms with van der Waals surface area (Å²) in [6, 6.07) is 14.4. The number of likely N-dealkylation sites (N-methyl/N-ethyl adjacent to an activating group) is 1. The number of amides is 2. The lowest BCUT2D eigenvalue weighted by Gasteiger charge is -2.08. The number of halogens is 1. The van der Waals surface area contributed by atoms with Crippen molar-refractivity contribution in [2.75, 3.05) is 18.5 Å². The molecule has 2 amide bonds. The fraction of sp³-hybridized carbons (Fsp3) is 0.125. The number of aromatic nitrogens is 1. The predicted octanol–water partition coefficient (Wildman–Crippen LogP) is 4.18. The minimum atomic E-state index is -0.556. The van der Waals surface area contributed by atoms with Gasteiger partial charge in [-0.1, -0.05) is 6.07 Å². The van der Waals surface area contributed by atoms with Gasteiger partial charge in [-0.25, -0.2) is 4.39 Å².